The second-order valence-corrected chi connectivity index (χ2v) is 5.28. The van der Waals surface area contributed by atoms with Crippen molar-refractivity contribution < 1.29 is 9.53 Å². The van der Waals surface area contributed by atoms with Crippen LogP contribution in [-0.4, -0.2) is 32.3 Å². The molecule has 1 heterocycles. The maximum absolute atomic E-state index is 11.8. The van der Waals surface area contributed by atoms with E-state index < -0.39 is 0 Å². The first-order chi connectivity index (χ1) is 8.63. The van der Waals surface area contributed by atoms with Crippen molar-refractivity contribution in [2.24, 2.45) is 0 Å². The molecule has 0 aromatic heterocycles. The summed E-state index contributed by atoms with van der Waals surface area (Å²) in [5.74, 6) is 0. The Morgan fingerprint density at radius 2 is 2.33 bits per heavy atom. The summed E-state index contributed by atoms with van der Waals surface area (Å²) in [5.41, 5.74) is 2.01. The lowest BCUT2D eigenvalue weighted by molar-refractivity contribution is 0.178. The van der Waals surface area contributed by atoms with E-state index in [2.05, 4.69) is 21.2 Å². The topological polar surface area (TPSA) is 41.6 Å². The standard InChI is InChI=1S/C13H17BrN2O2/c1-9-7-10(3-4-12(9)14)16-11(5-6-15-2)8-18-13(16)17/h3-4,7,11,15H,5-6,8H2,1-2H3. The van der Waals surface area contributed by atoms with Crippen LogP contribution in [0.4, 0.5) is 10.5 Å². The Labute approximate surface area is 115 Å². The molecule has 1 atom stereocenters. The maximum atomic E-state index is 11.8. The van der Waals surface area contributed by atoms with E-state index in [0.29, 0.717) is 6.61 Å². The van der Waals surface area contributed by atoms with Gasteiger partial charge in [0.05, 0.1) is 6.04 Å². The van der Waals surface area contributed by atoms with Crippen molar-refractivity contribution in [1.82, 2.24) is 5.32 Å². The number of cyclic esters (lactones) is 1. The van der Waals surface area contributed by atoms with Gasteiger partial charge in [-0.3, -0.25) is 4.90 Å². The lowest BCUT2D eigenvalue weighted by atomic mass is 10.1. The molecular weight excluding hydrogens is 296 g/mol. The molecule has 1 aromatic rings. The van der Waals surface area contributed by atoms with Gasteiger partial charge < -0.3 is 10.1 Å². The number of anilines is 1. The number of ether oxygens (including phenoxy) is 1. The van der Waals surface area contributed by atoms with Crippen LogP contribution in [0, 0.1) is 6.92 Å². The first-order valence-corrected chi connectivity index (χ1v) is 6.79. The Bertz CT molecular complexity index is 451. The van der Waals surface area contributed by atoms with Crippen LogP contribution in [0.2, 0.25) is 0 Å². The van der Waals surface area contributed by atoms with E-state index in [9.17, 15) is 4.79 Å². The fourth-order valence-electron chi connectivity index (χ4n) is 2.08. The Kier molecular flexibility index (Phi) is 4.24. The van der Waals surface area contributed by atoms with E-state index in [1.807, 2.05) is 32.2 Å². The van der Waals surface area contributed by atoms with Crippen molar-refractivity contribution in [2.75, 3.05) is 25.1 Å². The highest BCUT2D eigenvalue weighted by Crippen LogP contribution is 2.28. The van der Waals surface area contributed by atoms with Gasteiger partial charge in [-0.2, -0.15) is 0 Å². The number of benzene rings is 1. The van der Waals surface area contributed by atoms with Gasteiger partial charge in [-0.1, -0.05) is 15.9 Å². The van der Waals surface area contributed by atoms with Crippen LogP contribution in [0.5, 0.6) is 0 Å². The number of nitrogens with zero attached hydrogens (tertiary/aromatic N) is 1. The molecule has 98 valence electrons. The largest absolute Gasteiger partial charge is 0.447 e. The molecule has 1 saturated heterocycles. The van der Waals surface area contributed by atoms with E-state index in [1.165, 1.54) is 0 Å². The average molecular weight is 313 g/mol. The van der Waals surface area contributed by atoms with E-state index >= 15 is 0 Å². The highest BCUT2D eigenvalue weighted by Gasteiger charge is 2.33. The molecule has 5 heteroatoms. The van der Waals surface area contributed by atoms with E-state index in [-0.39, 0.29) is 12.1 Å². The molecule has 1 fully saturated rings. The molecule has 4 nitrogen and oxygen atoms in total. The van der Waals surface area contributed by atoms with Crippen LogP contribution in [0.15, 0.2) is 22.7 Å². The minimum Gasteiger partial charge on any atom is -0.447 e. The number of halogens is 1. The number of hydrogen-bond donors (Lipinski definition) is 1. The highest BCUT2D eigenvalue weighted by atomic mass is 79.9. The first-order valence-electron chi connectivity index (χ1n) is 6.00. The van der Waals surface area contributed by atoms with Crippen molar-refractivity contribution in [3.63, 3.8) is 0 Å². The van der Waals surface area contributed by atoms with Gasteiger partial charge in [0.2, 0.25) is 0 Å². The van der Waals surface area contributed by atoms with Crippen LogP contribution in [0.1, 0.15) is 12.0 Å². The van der Waals surface area contributed by atoms with Gasteiger partial charge in [-0.25, -0.2) is 4.79 Å². The number of amides is 1. The Balaban J connectivity index is 2.22. The third-order valence-corrected chi connectivity index (χ3v) is 4.00. The van der Waals surface area contributed by atoms with Gasteiger partial charge in [-0.15, -0.1) is 0 Å². The van der Waals surface area contributed by atoms with Gasteiger partial charge in [0.25, 0.3) is 0 Å². The zero-order valence-electron chi connectivity index (χ0n) is 10.6. The summed E-state index contributed by atoms with van der Waals surface area (Å²) in [5, 5.41) is 3.10. The van der Waals surface area contributed by atoms with Crippen molar-refractivity contribution in [3.05, 3.63) is 28.2 Å². The van der Waals surface area contributed by atoms with Gasteiger partial charge in [0.15, 0.2) is 0 Å². The molecule has 0 saturated carbocycles. The second-order valence-electron chi connectivity index (χ2n) is 4.43. The number of hydrogen-bond acceptors (Lipinski definition) is 3. The van der Waals surface area contributed by atoms with E-state index in [4.69, 9.17) is 4.74 Å². The summed E-state index contributed by atoms with van der Waals surface area (Å²) in [6, 6.07) is 6.02. The third kappa shape index (κ3) is 2.67. The molecule has 2 rings (SSSR count). The zero-order chi connectivity index (χ0) is 13.1. The minimum absolute atomic E-state index is 0.116. The molecule has 1 unspecified atom stereocenters. The van der Waals surface area contributed by atoms with Gasteiger partial charge >= 0.3 is 6.09 Å². The van der Waals surface area contributed by atoms with Crippen LogP contribution in [0.3, 0.4) is 0 Å². The van der Waals surface area contributed by atoms with Crippen LogP contribution in [-0.2, 0) is 4.74 Å². The van der Waals surface area contributed by atoms with Crippen molar-refractivity contribution in [3.8, 4) is 0 Å². The SMILES string of the molecule is CNCCC1COC(=O)N1c1ccc(Br)c(C)c1. The number of carbonyl (C=O) groups excluding carboxylic acids is 1. The van der Waals surface area contributed by atoms with Crippen molar-refractivity contribution >= 4 is 27.7 Å². The fourth-order valence-corrected chi connectivity index (χ4v) is 2.33. The molecule has 1 N–H and O–H groups in total. The average Bonchev–Trinajstić information content (AvgIpc) is 2.71. The summed E-state index contributed by atoms with van der Waals surface area (Å²) in [7, 11) is 1.91. The smallest absolute Gasteiger partial charge is 0.414 e. The lowest BCUT2D eigenvalue weighted by Crippen LogP contribution is -2.35. The number of carbonyl (C=O) groups is 1. The molecule has 1 aromatic carbocycles. The van der Waals surface area contributed by atoms with E-state index in [0.717, 1.165) is 28.7 Å². The molecular formula is C13H17BrN2O2. The minimum atomic E-state index is -0.252. The van der Waals surface area contributed by atoms with Crippen molar-refractivity contribution in [1.29, 1.82) is 0 Å². The maximum Gasteiger partial charge on any atom is 0.414 e. The highest BCUT2D eigenvalue weighted by molar-refractivity contribution is 9.10. The molecule has 0 radical (unpaired) electrons. The first kappa shape index (κ1) is 13.4. The van der Waals surface area contributed by atoms with Gasteiger partial charge in [0.1, 0.15) is 6.61 Å². The Hall–Kier alpha value is -1.07. The number of aryl methyl sites for hydroxylation is 1. The Morgan fingerprint density at radius 1 is 1.56 bits per heavy atom. The summed E-state index contributed by atoms with van der Waals surface area (Å²) < 4.78 is 6.19. The fraction of sp³-hybridized carbons (Fsp3) is 0.462. The van der Waals surface area contributed by atoms with Gasteiger partial charge in [-0.05, 0) is 50.7 Å². The second kappa shape index (κ2) is 5.71. The van der Waals surface area contributed by atoms with Crippen LogP contribution in [0.25, 0.3) is 0 Å². The normalized spacial score (nSPS) is 19.2. The van der Waals surface area contributed by atoms with Crippen LogP contribution >= 0.6 is 15.9 Å². The molecule has 1 aliphatic heterocycles. The molecule has 0 bridgehead atoms. The number of rotatable bonds is 4. The van der Waals surface area contributed by atoms with Gasteiger partial charge in [0, 0.05) is 10.2 Å². The van der Waals surface area contributed by atoms with Crippen molar-refractivity contribution in [2.45, 2.75) is 19.4 Å². The zero-order valence-corrected chi connectivity index (χ0v) is 12.2. The predicted molar refractivity (Wildman–Crippen MR) is 75.0 cm³/mol. The summed E-state index contributed by atoms with van der Waals surface area (Å²) in [6.45, 7) is 3.35. The Morgan fingerprint density at radius 3 is 3.00 bits per heavy atom. The predicted octanol–water partition coefficient (Wildman–Crippen LogP) is 2.69. The molecule has 0 spiro atoms. The molecule has 1 aliphatic rings. The molecule has 18 heavy (non-hydrogen) atoms. The third-order valence-electron chi connectivity index (χ3n) is 3.11. The molecule has 0 aliphatic carbocycles. The monoisotopic (exact) mass is 312 g/mol. The van der Waals surface area contributed by atoms with E-state index in [1.54, 1.807) is 4.90 Å². The summed E-state index contributed by atoms with van der Waals surface area (Å²) in [6.07, 6.45) is 0.634. The number of nitrogens with one attached hydrogen (secondary N) is 1. The summed E-state index contributed by atoms with van der Waals surface area (Å²) in [4.78, 5) is 13.6. The quantitative estimate of drug-likeness (QED) is 0.929. The lowest BCUT2D eigenvalue weighted by Gasteiger charge is -2.22. The molecule has 1 amide bonds. The summed E-state index contributed by atoms with van der Waals surface area (Å²) >= 11 is 3.47. The van der Waals surface area contributed by atoms with Crippen LogP contribution < -0.4 is 10.2 Å².